The van der Waals surface area contributed by atoms with Crippen molar-refractivity contribution in [1.29, 1.82) is 0 Å². The number of nitrogens with zero attached hydrogens (tertiary/aromatic N) is 1. The minimum absolute atomic E-state index is 0.000723. The van der Waals surface area contributed by atoms with Gasteiger partial charge in [0.1, 0.15) is 0 Å². The summed E-state index contributed by atoms with van der Waals surface area (Å²) in [5.41, 5.74) is 0. The van der Waals surface area contributed by atoms with Crippen molar-refractivity contribution in [2.75, 3.05) is 26.2 Å². The van der Waals surface area contributed by atoms with E-state index < -0.39 is 11.7 Å². The average molecular weight is 359 g/mol. The Labute approximate surface area is 130 Å². The summed E-state index contributed by atoms with van der Waals surface area (Å²) in [5.74, 6) is -1.11. The third-order valence-corrected chi connectivity index (χ3v) is 3.64. The van der Waals surface area contributed by atoms with Crippen LogP contribution in [0.15, 0.2) is 22.7 Å². The summed E-state index contributed by atoms with van der Waals surface area (Å²) >= 11 is 3.13. The number of amides is 2. The Bertz CT molecular complexity index is 533. The standard InChI is InChI=1S/C14H16BrFN2O3/c15-10-3-4-12(11(16)7-10)21-9-13(19)17-8-14(20)18-5-1-2-6-18/h3-4,7H,1-2,5-6,8-9H2,(H,17,19). The Morgan fingerprint density at radius 1 is 1.33 bits per heavy atom. The lowest BCUT2D eigenvalue weighted by molar-refractivity contribution is -0.132. The van der Waals surface area contributed by atoms with Crippen LogP contribution >= 0.6 is 15.9 Å². The van der Waals surface area contributed by atoms with E-state index in [9.17, 15) is 14.0 Å². The average Bonchev–Trinajstić information content (AvgIpc) is 2.98. The lowest BCUT2D eigenvalue weighted by atomic mass is 10.3. The van der Waals surface area contributed by atoms with Crippen molar-refractivity contribution in [3.63, 3.8) is 0 Å². The van der Waals surface area contributed by atoms with E-state index in [1.807, 2.05) is 0 Å². The Kier molecular flexibility index (Phi) is 5.55. The summed E-state index contributed by atoms with van der Waals surface area (Å²) in [7, 11) is 0. The van der Waals surface area contributed by atoms with Gasteiger partial charge in [-0.05, 0) is 31.0 Å². The van der Waals surface area contributed by atoms with Crippen molar-refractivity contribution in [2.24, 2.45) is 0 Å². The van der Waals surface area contributed by atoms with Crippen molar-refractivity contribution in [3.05, 3.63) is 28.5 Å². The number of hydrogen-bond donors (Lipinski definition) is 1. The third-order valence-electron chi connectivity index (χ3n) is 3.15. The van der Waals surface area contributed by atoms with Gasteiger partial charge in [-0.25, -0.2) is 4.39 Å². The first-order chi connectivity index (χ1) is 10.1. The van der Waals surface area contributed by atoms with E-state index in [4.69, 9.17) is 4.74 Å². The van der Waals surface area contributed by atoms with Gasteiger partial charge in [0.2, 0.25) is 5.91 Å². The van der Waals surface area contributed by atoms with E-state index in [1.165, 1.54) is 12.1 Å². The van der Waals surface area contributed by atoms with Crippen molar-refractivity contribution in [1.82, 2.24) is 10.2 Å². The maximum absolute atomic E-state index is 13.5. The van der Waals surface area contributed by atoms with Gasteiger partial charge in [-0.1, -0.05) is 15.9 Å². The summed E-state index contributed by atoms with van der Waals surface area (Å²) in [6.07, 6.45) is 2.01. The van der Waals surface area contributed by atoms with Crippen molar-refractivity contribution in [3.8, 4) is 5.75 Å². The molecule has 1 aliphatic heterocycles. The smallest absolute Gasteiger partial charge is 0.258 e. The van der Waals surface area contributed by atoms with Gasteiger partial charge < -0.3 is 15.0 Å². The normalized spacial score (nSPS) is 14.1. The number of ether oxygens (including phenoxy) is 1. The highest BCUT2D eigenvalue weighted by atomic mass is 79.9. The predicted octanol–water partition coefficient (Wildman–Crippen LogP) is 1.71. The van der Waals surface area contributed by atoms with E-state index in [0.717, 1.165) is 25.9 Å². The van der Waals surface area contributed by atoms with Gasteiger partial charge in [-0.2, -0.15) is 0 Å². The van der Waals surface area contributed by atoms with Gasteiger partial charge in [-0.3, -0.25) is 9.59 Å². The maximum atomic E-state index is 13.5. The topological polar surface area (TPSA) is 58.6 Å². The molecule has 1 N–H and O–H groups in total. The zero-order valence-corrected chi connectivity index (χ0v) is 13.0. The Balaban J connectivity index is 1.73. The molecule has 114 valence electrons. The van der Waals surface area contributed by atoms with Crippen LogP contribution in [-0.4, -0.2) is 43.0 Å². The maximum Gasteiger partial charge on any atom is 0.258 e. The van der Waals surface area contributed by atoms with Gasteiger partial charge in [0.05, 0.1) is 6.54 Å². The molecule has 1 fully saturated rings. The molecule has 1 aromatic carbocycles. The zero-order valence-electron chi connectivity index (χ0n) is 11.4. The largest absolute Gasteiger partial charge is 0.481 e. The molecule has 1 aliphatic rings. The quantitative estimate of drug-likeness (QED) is 0.871. The molecule has 0 radical (unpaired) electrons. The molecule has 0 atom stereocenters. The molecule has 5 nitrogen and oxygen atoms in total. The second-order valence-electron chi connectivity index (χ2n) is 4.73. The molecule has 1 aromatic rings. The summed E-state index contributed by atoms with van der Waals surface area (Å²) in [6, 6.07) is 4.30. The Morgan fingerprint density at radius 3 is 2.71 bits per heavy atom. The highest BCUT2D eigenvalue weighted by Gasteiger charge is 2.18. The molecule has 0 unspecified atom stereocenters. The van der Waals surface area contributed by atoms with Crippen LogP contribution in [0, 0.1) is 5.82 Å². The van der Waals surface area contributed by atoms with E-state index in [-0.39, 0.29) is 24.8 Å². The number of nitrogens with one attached hydrogen (secondary N) is 1. The number of carbonyl (C=O) groups excluding carboxylic acids is 2. The Morgan fingerprint density at radius 2 is 2.05 bits per heavy atom. The second kappa shape index (κ2) is 7.40. The van der Waals surface area contributed by atoms with Crippen LogP contribution in [-0.2, 0) is 9.59 Å². The lowest BCUT2D eigenvalue weighted by Crippen LogP contribution is -2.40. The molecule has 0 aromatic heterocycles. The van der Waals surface area contributed by atoms with Crippen LogP contribution in [0.25, 0.3) is 0 Å². The van der Waals surface area contributed by atoms with Gasteiger partial charge in [0, 0.05) is 17.6 Å². The highest BCUT2D eigenvalue weighted by molar-refractivity contribution is 9.10. The van der Waals surface area contributed by atoms with Crippen molar-refractivity contribution in [2.45, 2.75) is 12.8 Å². The van der Waals surface area contributed by atoms with Gasteiger partial charge >= 0.3 is 0 Å². The monoisotopic (exact) mass is 358 g/mol. The molecule has 2 rings (SSSR count). The van der Waals surface area contributed by atoms with Crippen molar-refractivity contribution < 1.29 is 18.7 Å². The molecular weight excluding hydrogens is 343 g/mol. The number of rotatable bonds is 5. The predicted molar refractivity (Wildman–Crippen MR) is 78.4 cm³/mol. The first-order valence-corrected chi connectivity index (χ1v) is 7.48. The van der Waals surface area contributed by atoms with E-state index in [0.29, 0.717) is 4.47 Å². The molecule has 21 heavy (non-hydrogen) atoms. The van der Waals surface area contributed by atoms with E-state index in [1.54, 1.807) is 11.0 Å². The zero-order chi connectivity index (χ0) is 15.2. The Hall–Kier alpha value is -1.63. The fourth-order valence-electron chi connectivity index (χ4n) is 2.04. The van der Waals surface area contributed by atoms with Crippen LogP contribution < -0.4 is 10.1 Å². The minimum atomic E-state index is -0.551. The van der Waals surface area contributed by atoms with Crippen LogP contribution in [0.3, 0.4) is 0 Å². The fourth-order valence-corrected chi connectivity index (χ4v) is 2.37. The lowest BCUT2D eigenvalue weighted by Gasteiger charge is -2.15. The summed E-state index contributed by atoms with van der Waals surface area (Å²) in [5, 5.41) is 2.47. The number of benzene rings is 1. The molecule has 0 bridgehead atoms. The SMILES string of the molecule is O=C(COc1ccc(Br)cc1F)NCC(=O)N1CCCC1. The minimum Gasteiger partial charge on any atom is -0.481 e. The fraction of sp³-hybridized carbons (Fsp3) is 0.429. The number of likely N-dealkylation sites (tertiary alicyclic amines) is 1. The van der Waals surface area contributed by atoms with Gasteiger partial charge in [0.25, 0.3) is 5.91 Å². The summed E-state index contributed by atoms with van der Waals surface area (Å²) < 4.78 is 19.1. The molecular formula is C14H16BrFN2O3. The highest BCUT2D eigenvalue weighted by Crippen LogP contribution is 2.21. The molecule has 0 saturated carbocycles. The third kappa shape index (κ3) is 4.70. The second-order valence-corrected chi connectivity index (χ2v) is 5.64. The molecule has 2 amide bonds. The van der Waals surface area contributed by atoms with Crippen LogP contribution in [0.4, 0.5) is 4.39 Å². The van der Waals surface area contributed by atoms with Gasteiger partial charge in [-0.15, -0.1) is 0 Å². The number of carbonyl (C=O) groups is 2. The summed E-state index contributed by atoms with van der Waals surface area (Å²) in [6.45, 7) is 1.11. The molecule has 1 heterocycles. The summed E-state index contributed by atoms with van der Waals surface area (Å²) in [4.78, 5) is 25.0. The van der Waals surface area contributed by atoms with E-state index >= 15 is 0 Å². The van der Waals surface area contributed by atoms with Gasteiger partial charge in [0.15, 0.2) is 18.2 Å². The number of hydrogen-bond acceptors (Lipinski definition) is 3. The molecule has 1 saturated heterocycles. The first kappa shape index (κ1) is 15.8. The molecule has 7 heteroatoms. The van der Waals surface area contributed by atoms with Crippen LogP contribution in [0.2, 0.25) is 0 Å². The van der Waals surface area contributed by atoms with Crippen LogP contribution in [0.5, 0.6) is 5.75 Å². The molecule has 0 aliphatic carbocycles. The first-order valence-electron chi connectivity index (χ1n) is 6.68. The number of halogens is 2. The van der Waals surface area contributed by atoms with Crippen molar-refractivity contribution >= 4 is 27.7 Å². The van der Waals surface area contributed by atoms with Crippen LogP contribution in [0.1, 0.15) is 12.8 Å². The van der Waals surface area contributed by atoms with E-state index in [2.05, 4.69) is 21.2 Å². The molecule has 0 spiro atoms.